The number of carbonyl (C=O) groups is 1. The van der Waals surface area contributed by atoms with Crippen molar-refractivity contribution < 1.29 is 9.90 Å². The van der Waals surface area contributed by atoms with E-state index in [-0.39, 0.29) is 11.7 Å². The molecule has 0 spiro atoms. The Bertz CT molecular complexity index is 785. The number of rotatable bonds is 2. The van der Waals surface area contributed by atoms with E-state index in [0.29, 0.717) is 15.6 Å². The fraction of sp³-hybridized carbons (Fsp3) is 0. The van der Waals surface area contributed by atoms with Crippen molar-refractivity contribution in [3.05, 3.63) is 63.5 Å². The van der Waals surface area contributed by atoms with Crippen molar-refractivity contribution in [2.24, 2.45) is 4.99 Å². The fourth-order valence-corrected chi connectivity index (χ4v) is 2.96. The van der Waals surface area contributed by atoms with Crippen LogP contribution >= 0.6 is 27.7 Å². The lowest BCUT2D eigenvalue weighted by atomic mass is 10.2. The van der Waals surface area contributed by atoms with E-state index in [2.05, 4.69) is 26.2 Å². The zero-order valence-corrected chi connectivity index (χ0v) is 13.7. The van der Waals surface area contributed by atoms with Crippen LogP contribution in [0.2, 0.25) is 0 Å². The average molecular weight is 375 g/mol. The smallest absolute Gasteiger partial charge is 0.264 e. The molecule has 0 radical (unpaired) electrons. The van der Waals surface area contributed by atoms with E-state index in [1.165, 1.54) is 11.8 Å². The zero-order valence-electron chi connectivity index (χ0n) is 11.3. The van der Waals surface area contributed by atoms with E-state index in [1.807, 2.05) is 24.3 Å². The van der Waals surface area contributed by atoms with Crippen molar-refractivity contribution in [3.63, 3.8) is 0 Å². The first-order valence-electron chi connectivity index (χ1n) is 6.45. The summed E-state index contributed by atoms with van der Waals surface area (Å²) in [5, 5.41) is 13.0. The Morgan fingerprint density at radius 1 is 1.14 bits per heavy atom. The van der Waals surface area contributed by atoms with E-state index in [1.54, 1.807) is 30.3 Å². The molecule has 0 aliphatic carbocycles. The van der Waals surface area contributed by atoms with E-state index in [4.69, 9.17) is 0 Å². The molecule has 1 saturated heterocycles. The number of hydrogen-bond acceptors (Lipinski definition) is 4. The number of carbonyl (C=O) groups excluding carboxylic acids is 1. The van der Waals surface area contributed by atoms with E-state index in [9.17, 15) is 9.90 Å². The van der Waals surface area contributed by atoms with Gasteiger partial charge in [-0.1, -0.05) is 34.1 Å². The number of para-hydroxylation sites is 1. The zero-order chi connectivity index (χ0) is 15.5. The third-order valence-corrected chi connectivity index (χ3v) is 4.37. The molecule has 2 N–H and O–H groups in total. The van der Waals surface area contributed by atoms with Crippen molar-refractivity contribution in [2.45, 2.75) is 0 Å². The van der Waals surface area contributed by atoms with Gasteiger partial charge in [-0.05, 0) is 48.2 Å². The summed E-state index contributed by atoms with van der Waals surface area (Å²) in [4.78, 5) is 16.9. The molecular weight excluding hydrogens is 364 g/mol. The molecule has 0 unspecified atom stereocenters. The minimum absolute atomic E-state index is 0.140. The molecule has 2 aromatic rings. The monoisotopic (exact) mass is 374 g/mol. The van der Waals surface area contributed by atoms with Crippen molar-refractivity contribution in [1.29, 1.82) is 0 Å². The van der Waals surface area contributed by atoms with E-state index in [0.717, 1.165) is 10.2 Å². The number of amidine groups is 1. The number of halogens is 1. The first kappa shape index (κ1) is 14.9. The van der Waals surface area contributed by atoms with Crippen LogP contribution in [0.1, 0.15) is 5.56 Å². The quantitative estimate of drug-likeness (QED) is 0.779. The minimum Gasteiger partial charge on any atom is -0.507 e. The molecule has 1 amide bonds. The second-order valence-electron chi connectivity index (χ2n) is 4.52. The van der Waals surface area contributed by atoms with Crippen LogP contribution in [0.15, 0.2) is 62.9 Å². The number of benzene rings is 2. The lowest BCUT2D eigenvalue weighted by Crippen LogP contribution is -2.19. The summed E-state index contributed by atoms with van der Waals surface area (Å²) in [6.45, 7) is 0. The summed E-state index contributed by atoms with van der Waals surface area (Å²) in [5.41, 5.74) is 1.36. The van der Waals surface area contributed by atoms with Crippen molar-refractivity contribution in [2.75, 3.05) is 0 Å². The SMILES string of the molecule is O=C1NC(=Nc2ccc(Br)cc2)S/C1=C\c1ccccc1O. The standard InChI is InChI=1S/C16H11BrN2O2S/c17-11-5-7-12(8-6-11)18-16-19-15(21)14(22-16)9-10-3-1-2-4-13(10)20/h1-9,20H,(H,18,19,21)/b14-9-. The normalized spacial score (nSPS) is 18.0. The van der Waals surface area contributed by atoms with Crippen molar-refractivity contribution >= 4 is 50.5 Å². The van der Waals surface area contributed by atoms with Crippen LogP contribution in [0.3, 0.4) is 0 Å². The van der Waals surface area contributed by atoms with Gasteiger partial charge in [0.2, 0.25) is 0 Å². The number of amides is 1. The lowest BCUT2D eigenvalue weighted by molar-refractivity contribution is -0.115. The third kappa shape index (κ3) is 3.40. The highest BCUT2D eigenvalue weighted by Gasteiger charge is 2.24. The molecule has 0 aromatic heterocycles. The van der Waals surface area contributed by atoms with Crippen LogP contribution in [0.5, 0.6) is 5.75 Å². The second kappa shape index (κ2) is 6.37. The summed E-state index contributed by atoms with van der Waals surface area (Å²) >= 11 is 4.61. The molecule has 1 fully saturated rings. The molecule has 0 saturated carbocycles. The molecule has 6 heteroatoms. The average Bonchev–Trinajstić information content (AvgIpc) is 2.84. The third-order valence-electron chi connectivity index (χ3n) is 2.93. The van der Waals surface area contributed by atoms with Gasteiger partial charge in [0, 0.05) is 10.0 Å². The number of nitrogens with zero attached hydrogens (tertiary/aromatic N) is 1. The Morgan fingerprint density at radius 2 is 1.86 bits per heavy atom. The van der Waals surface area contributed by atoms with Gasteiger partial charge in [0.1, 0.15) is 5.75 Å². The highest BCUT2D eigenvalue weighted by Crippen LogP contribution is 2.30. The van der Waals surface area contributed by atoms with Crippen LogP contribution in [0, 0.1) is 0 Å². The van der Waals surface area contributed by atoms with Gasteiger partial charge < -0.3 is 10.4 Å². The molecule has 3 rings (SSSR count). The largest absolute Gasteiger partial charge is 0.507 e. The molecule has 110 valence electrons. The molecule has 2 aromatic carbocycles. The predicted molar refractivity (Wildman–Crippen MR) is 93.1 cm³/mol. The van der Waals surface area contributed by atoms with Gasteiger partial charge in [0.25, 0.3) is 5.91 Å². The topological polar surface area (TPSA) is 61.7 Å². The number of aliphatic imine (C=N–C) groups is 1. The molecule has 4 nitrogen and oxygen atoms in total. The maximum absolute atomic E-state index is 12.0. The Morgan fingerprint density at radius 3 is 2.59 bits per heavy atom. The van der Waals surface area contributed by atoms with Crippen LogP contribution in [-0.4, -0.2) is 16.2 Å². The number of hydrogen-bond donors (Lipinski definition) is 2. The molecule has 22 heavy (non-hydrogen) atoms. The lowest BCUT2D eigenvalue weighted by Gasteiger charge is -1.98. The van der Waals surface area contributed by atoms with E-state index < -0.39 is 0 Å². The molecular formula is C16H11BrN2O2S. The summed E-state index contributed by atoms with van der Waals surface area (Å²) in [5.74, 6) is -0.0780. The van der Waals surface area contributed by atoms with Crippen LogP contribution in [0.4, 0.5) is 5.69 Å². The van der Waals surface area contributed by atoms with Gasteiger partial charge in [-0.15, -0.1) is 0 Å². The first-order valence-corrected chi connectivity index (χ1v) is 8.06. The van der Waals surface area contributed by atoms with Crippen LogP contribution in [-0.2, 0) is 4.79 Å². The van der Waals surface area contributed by atoms with Gasteiger partial charge in [-0.3, -0.25) is 4.79 Å². The first-order chi connectivity index (χ1) is 10.6. The number of phenols is 1. The highest BCUT2D eigenvalue weighted by atomic mass is 79.9. The van der Waals surface area contributed by atoms with Gasteiger partial charge >= 0.3 is 0 Å². The van der Waals surface area contributed by atoms with Gasteiger partial charge in [0.05, 0.1) is 10.6 Å². The second-order valence-corrected chi connectivity index (χ2v) is 6.46. The maximum atomic E-state index is 12.0. The number of nitrogens with one attached hydrogen (secondary N) is 1. The number of phenolic OH excluding ortho intramolecular Hbond substituents is 1. The molecule has 1 aliphatic rings. The summed E-state index contributed by atoms with van der Waals surface area (Å²) in [6.07, 6.45) is 1.65. The molecule has 1 heterocycles. The Kier molecular flexibility index (Phi) is 4.31. The number of thioether (sulfide) groups is 1. The van der Waals surface area contributed by atoms with Crippen LogP contribution < -0.4 is 5.32 Å². The molecule has 0 bridgehead atoms. The highest BCUT2D eigenvalue weighted by molar-refractivity contribution is 9.10. The van der Waals surface area contributed by atoms with Gasteiger partial charge in [0.15, 0.2) is 5.17 Å². The van der Waals surface area contributed by atoms with E-state index >= 15 is 0 Å². The van der Waals surface area contributed by atoms with Gasteiger partial charge in [-0.25, -0.2) is 4.99 Å². The van der Waals surface area contributed by atoms with Crippen LogP contribution in [0.25, 0.3) is 6.08 Å². The Labute approximate surface area is 140 Å². The molecule has 1 aliphatic heterocycles. The number of aromatic hydroxyl groups is 1. The summed E-state index contributed by atoms with van der Waals surface area (Å²) < 4.78 is 0.972. The minimum atomic E-state index is -0.218. The Balaban J connectivity index is 1.84. The Hall–Kier alpha value is -2.05. The van der Waals surface area contributed by atoms with Crippen molar-refractivity contribution in [3.8, 4) is 5.75 Å². The fourth-order valence-electron chi connectivity index (χ4n) is 1.86. The summed E-state index contributed by atoms with van der Waals surface area (Å²) in [7, 11) is 0. The molecule has 0 atom stereocenters. The predicted octanol–water partition coefficient (Wildman–Crippen LogP) is 4.05. The maximum Gasteiger partial charge on any atom is 0.264 e. The summed E-state index contributed by atoms with van der Waals surface area (Å²) in [6, 6.07) is 14.4. The van der Waals surface area contributed by atoms with Crippen molar-refractivity contribution in [1.82, 2.24) is 5.32 Å². The van der Waals surface area contributed by atoms with Gasteiger partial charge in [-0.2, -0.15) is 0 Å².